The summed E-state index contributed by atoms with van der Waals surface area (Å²) in [6.45, 7) is -1.84. The van der Waals surface area contributed by atoms with E-state index in [0.717, 1.165) is 36.4 Å². The normalized spacial score (nSPS) is 10.4. The van der Waals surface area contributed by atoms with E-state index < -0.39 is 123 Å². The summed E-state index contributed by atoms with van der Waals surface area (Å²) in [6.07, 6.45) is -1.70. The van der Waals surface area contributed by atoms with Crippen molar-refractivity contribution >= 4 is 53.7 Å². The quantitative estimate of drug-likeness (QED) is 0.106. The largest absolute Gasteiger partial charge is 0.478 e. The fourth-order valence-corrected chi connectivity index (χ4v) is 3.94. The van der Waals surface area contributed by atoms with Crippen molar-refractivity contribution in [3.05, 3.63) is 105 Å². The number of benzene rings is 3. The number of esters is 3. The minimum absolute atomic E-state index is 0.449. The monoisotopic (exact) mass is 668 g/mol. The Bertz CT molecular complexity index is 1800. The number of carbonyl (C=O) groups excluding carboxylic acids is 3. The molecule has 48 heavy (non-hydrogen) atoms. The van der Waals surface area contributed by atoms with Crippen molar-refractivity contribution < 1.29 is 88.0 Å². The smallest absolute Gasteiger partial charge is 0.338 e. The molecule has 0 saturated heterocycles. The number of rotatable bonds is 14. The SMILES string of the molecule is O=C(OCC(COC(=O)c1ccc(C(=O)O)c(C(=O)O)c1)OC(=O)c1ccc(C(=O)O)c(C(=O)O)c1)c1ccc(C(=O)O)c(C(=O)O)c1. The van der Waals surface area contributed by atoms with E-state index in [0.29, 0.717) is 18.2 Å². The summed E-state index contributed by atoms with van der Waals surface area (Å²) in [4.78, 5) is 107. The van der Waals surface area contributed by atoms with Gasteiger partial charge in [0.05, 0.1) is 50.1 Å². The third-order valence-electron chi connectivity index (χ3n) is 6.22. The Kier molecular flexibility index (Phi) is 10.9. The molecule has 0 atom stereocenters. The Morgan fingerprint density at radius 1 is 0.417 bits per heavy atom. The fourth-order valence-electron chi connectivity index (χ4n) is 3.94. The highest BCUT2D eigenvalue weighted by atomic mass is 16.6. The molecule has 0 heterocycles. The molecule has 3 aromatic rings. The molecule has 0 amide bonds. The van der Waals surface area contributed by atoms with Crippen LogP contribution in [0.1, 0.15) is 93.2 Å². The lowest BCUT2D eigenvalue weighted by Gasteiger charge is -2.19. The maximum absolute atomic E-state index is 12.9. The van der Waals surface area contributed by atoms with E-state index in [-0.39, 0.29) is 0 Å². The van der Waals surface area contributed by atoms with Gasteiger partial charge < -0.3 is 44.8 Å². The zero-order chi connectivity index (χ0) is 35.9. The molecule has 18 heteroatoms. The van der Waals surface area contributed by atoms with E-state index in [1.165, 1.54) is 0 Å². The van der Waals surface area contributed by atoms with Gasteiger partial charge in [0.25, 0.3) is 0 Å². The molecular formula is C30H20O18. The molecule has 248 valence electrons. The van der Waals surface area contributed by atoms with Crippen LogP contribution in [0, 0.1) is 0 Å². The summed E-state index contributed by atoms with van der Waals surface area (Å²) in [6, 6.07) is 7.29. The van der Waals surface area contributed by atoms with Crippen LogP contribution in [0.25, 0.3) is 0 Å². The Labute approximate surface area is 265 Å². The highest BCUT2D eigenvalue weighted by Gasteiger charge is 2.26. The predicted molar refractivity (Wildman–Crippen MR) is 151 cm³/mol. The van der Waals surface area contributed by atoms with Crippen molar-refractivity contribution in [3.63, 3.8) is 0 Å². The molecule has 3 rings (SSSR count). The molecule has 0 aliphatic heterocycles. The Morgan fingerprint density at radius 2 is 0.688 bits per heavy atom. The molecule has 0 aliphatic carbocycles. The van der Waals surface area contributed by atoms with Crippen LogP contribution in [0.4, 0.5) is 0 Å². The van der Waals surface area contributed by atoms with Gasteiger partial charge in [-0.15, -0.1) is 0 Å². The van der Waals surface area contributed by atoms with Crippen LogP contribution in [-0.4, -0.2) is 104 Å². The van der Waals surface area contributed by atoms with Gasteiger partial charge in [-0.2, -0.15) is 0 Å². The van der Waals surface area contributed by atoms with Gasteiger partial charge in [0, 0.05) is 0 Å². The van der Waals surface area contributed by atoms with Gasteiger partial charge in [0.2, 0.25) is 0 Å². The van der Waals surface area contributed by atoms with Gasteiger partial charge in [0.15, 0.2) is 6.10 Å². The van der Waals surface area contributed by atoms with E-state index in [1.807, 2.05) is 0 Å². The lowest BCUT2D eigenvalue weighted by atomic mass is 10.0. The summed E-state index contributed by atoms with van der Waals surface area (Å²) in [5.74, 6) is -13.7. The summed E-state index contributed by atoms with van der Waals surface area (Å²) in [5, 5.41) is 55.5. The molecule has 0 bridgehead atoms. The lowest BCUT2D eigenvalue weighted by Crippen LogP contribution is -2.31. The van der Waals surface area contributed by atoms with E-state index >= 15 is 0 Å². The van der Waals surface area contributed by atoms with Gasteiger partial charge in [0.1, 0.15) is 13.2 Å². The molecule has 0 radical (unpaired) electrons. The highest BCUT2D eigenvalue weighted by Crippen LogP contribution is 2.18. The first-order chi connectivity index (χ1) is 22.5. The zero-order valence-corrected chi connectivity index (χ0v) is 23.8. The van der Waals surface area contributed by atoms with Gasteiger partial charge in [-0.25, -0.2) is 43.2 Å². The van der Waals surface area contributed by atoms with Crippen LogP contribution in [0.5, 0.6) is 0 Å². The lowest BCUT2D eigenvalue weighted by molar-refractivity contribution is -0.0253. The molecule has 0 saturated carbocycles. The Balaban J connectivity index is 1.88. The molecule has 0 spiro atoms. The molecule has 3 aromatic carbocycles. The Hall–Kier alpha value is -7.11. The summed E-state index contributed by atoms with van der Waals surface area (Å²) < 4.78 is 15.3. The van der Waals surface area contributed by atoms with Crippen molar-refractivity contribution in [1.82, 2.24) is 0 Å². The topological polar surface area (TPSA) is 303 Å². The van der Waals surface area contributed by atoms with Crippen molar-refractivity contribution in [2.24, 2.45) is 0 Å². The maximum atomic E-state index is 12.9. The van der Waals surface area contributed by atoms with E-state index in [1.54, 1.807) is 0 Å². The molecule has 6 N–H and O–H groups in total. The van der Waals surface area contributed by atoms with Crippen LogP contribution in [-0.2, 0) is 14.2 Å². The third kappa shape index (κ3) is 8.33. The number of carbonyl (C=O) groups is 9. The predicted octanol–water partition coefficient (Wildman–Crippen LogP) is 2.12. The van der Waals surface area contributed by atoms with Crippen LogP contribution < -0.4 is 0 Å². The van der Waals surface area contributed by atoms with Gasteiger partial charge in [-0.05, 0) is 54.6 Å². The van der Waals surface area contributed by atoms with Crippen LogP contribution in [0.3, 0.4) is 0 Å². The molecule has 0 unspecified atom stereocenters. The van der Waals surface area contributed by atoms with Gasteiger partial charge in [-0.3, -0.25) is 0 Å². The summed E-state index contributed by atoms with van der Waals surface area (Å²) in [7, 11) is 0. The average Bonchev–Trinajstić information content (AvgIpc) is 3.04. The summed E-state index contributed by atoms with van der Waals surface area (Å²) in [5.41, 5.74) is -5.66. The first-order valence-corrected chi connectivity index (χ1v) is 12.9. The van der Waals surface area contributed by atoms with Crippen LogP contribution >= 0.6 is 0 Å². The van der Waals surface area contributed by atoms with Crippen LogP contribution in [0.2, 0.25) is 0 Å². The molecule has 0 fully saturated rings. The number of carboxylic acid groups (broad SMARTS) is 6. The minimum atomic E-state index is -1.70. The molecule has 0 aromatic heterocycles. The first-order valence-electron chi connectivity index (χ1n) is 12.9. The number of hydrogen-bond acceptors (Lipinski definition) is 12. The number of hydrogen-bond donors (Lipinski definition) is 6. The Morgan fingerprint density at radius 3 is 0.958 bits per heavy atom. The zero-order valence-electron chi connectivity index (χ0n) is 23.8. The standard InChI is InChI=1S/C30H20O18/c31-22(32)16-4-1-12(7-19(16)25(37)38)28(43)46-10-15(48-30(45)14-3-6-18(24(35)36)21(9-14)27(41)42)11-47-29(44)13-2-5-17(23(33)34)20(8-13)26(39)40/h1-9,15H,10-11H2,(H,31,32)(H,33,34)(H,35,36)(H,37,38)(H,39,40)(H,41,42). The first kappa shape index (κ1) is 35.4. The molecule has 0 aliphatic rings. The van der Waals surface area contributed by atoms with E-state index in [9.17, 15) is 63.6 Å². The third-order valence-corrected chi connectivity index (χ3v) is 6.22. The minimum Gasteiger partial charge on any atom is -0.478 e. The van der Waals surface area contributed by atoms with Crippen molar-refractivity contribution in [2.75, 3.05) is 13.2 Å². The van der Waals surface area contributed by atoms with Crippen molar-refractivity contribution in [2.45, 2.75) is 6.10 Å². The van der Waals surface area contributed by atoms with E-state index in [4.69, 9.17) is 24.4 Å². The van der Waals surface area contributed by atoms with E-state index in [2.05, 4.69) is 0 Å². The van der Waals surface area contributed by atoms with Crippen LogP contribution in [0.15, 0.2) is 54.6 Å². The fraction of sp³-hybridized carbons (Fsp3) is 0.100. The average molecular weight is 668 g/mol. The van der Waals surface area contributed by atoms with Gasteiger partial charge >= 0.3 is 53.7 Å². The van der Waals surface area contributed by atoms with Crippen molar-refractivity contribution in [3.8, 4) is 0 Å². The van der Waals surface area contributed by atoms with Gasteiger partial charge in [-0.1, -0.05) is 0 Å². The molecule has 18 nitrogen and oxygen atoms in total. The maximum Gasteiger partial charge on any atom is 0.338 e. The molecular weight excluding hydrogens is 648 g/mol. The summed E-state index contributed by atoms with van der Waals surface area (Å²) >= 11 is 0. The second-order valence-corrected chi connectivity index (χ2v) is 9.34. The number of carboxylic acids is 6. The highest BCUT2D eigenvalue weighted by molar-refractivity contribution is 6.06. The van der Waals surface area contributed by atoms with Crippen molar-refractivity contribution in [1.29, 1.82) is 0 Å². The number of aromatic carboxylic acids is 6. The second-order valence-electron chi connectivity index (χ2n) is 9.34. The second kappa shape index (κ2) is 14.8. The number of ether oxygens (including phenoxy) is 3.